The number of nitro groups is 1. The highest BCUT2D eigenvalue weighted by atomic mass is 32.2. The third-order valence-corrected chi connectivity index (χ3v) is 4.84. The molecule has 0 saturated carbocycles. The van der Waals surface area contributed by atoms with Crippen molar-refractivity contribution in [3.8, 4) is 5.75 Å². The molecular weight excluding hydrogens is 348 g/mol. The van der Waals surface area contributed by atoms with Gasteiger partial charge in [-0.1, -0.05) is 17.7 Å². The lowest BCUT2D eigenvalue weighted by Crippen LogP contribution is -2.40. The van der Waals surface area contributed by atoms with Crippen molar-refractivity contribution >= 4 is 21.7 Å². The van der Waals surface area contributed by atoms with Gasteiger partial charge in [-0.05, 0) is 38.1 Å². The molecule has 0 heterocycles. The van der Waals surface area contributed by atoms with Crippen LogP contribution in [-0.4, -0.2) is 25.4 Å². The fraction of sp³-hybridized carbons (Fsp3) is 0.188. The van der Waals surface area contributed by atoms with Gasteiger partial charge < -0.3 is 4.74 Å². The zero-order valence-corrected chi connectivity index (χ0v) is 14.3. The van der Waals surface area contributed by atoms with Gasteiger partial charge in [-0.25, -0.2) is 13.2 Å². The Morgan fingerprint density at radius 1 is 1.12 bits per heavy atom. The maximum absolute atomic E-state index is 12.2. The van der Waals surface area contributed by atoms with Crippen LogP contribution < -0.4 is 9.46 Å². The van der Waals surface area contributed by atoms with Crippen LogP contribution in [-0.2, 0) is 14.8 Å². The molecule has 0 aliphatic carbocycles. The van der Waals surface area contributed by atoms with Crippen molar-refractivity contribution in [1.29, 1.82) is 0 Å². The van der Waals surface area contributed by atoms with E-state index in [1.54, 1.807) is 12.1 Å². The standard InChI is InChI=1S/C16H16N2O6S/c1-11-3-9-15(10-4-11)25(22,23)17-12(2)16(19)24-14-7-5-13(6-8-14)18(20)21/h3-10,12,17H,1-2H3/t12-/m0/s1. The maximum atomic E-state index is 12.2. The molecular formula is C16H16N2O6S. The van der Waals surface area contributed by atoms with Crippen LogP contribution in [0.5, 0.6) is 5.75 Å². The molecule has 2 aromatic rings. The Bertz CT molecular complexity index is 876. The van der Waals surface area contributed by atoms with Crippen LogP contribution in [0.15, 0.2) is 53.4 Å². The van der Waals surface area contributed by atoms with Crippen molar-refractivity contribution in [3.63, 3.8) is 0 Å². The predicted octanol–water partition coefficient (Wildman–Crippen LogP) is 2.18. The lowest BCUT2D eigenvalue weighted by Gasteiger charge is -2.13. The van der Waals surface area contributed by atoms with Crippen LogP contribution >= 0.6 is 0 Å². The number of carbonyl (C=O) groups excluding carboxylic acids is 1. The quantitative estimate of drug-likeness (QED) is 0.363. The van der Waals surface area contributed by atoms with Gasteiger partial charge in [0.15, 0.2) is 0 Å². The Hall–Kier alpha value is -2.78. The average Bonchev–Trinajstić information content (AvgIpc) is 2.55. The molecule has 0 bridgehead atoms. The van der Waals surface area contributed by atoms with E-state index < -0.39 is 27.0 Å². The summed E-state index contributed by atoms with van der Waals surface area (Å²) in [5, 5.41) is 10.6. The van der Waals surface area contributed by atoms with Gasteiger partial charge in [0.25, 0.3) is 5.69 Å². The van der Waals surface area contributed by atoms with Crippen molar-refractivity contribution < 1.29 is 22.9 Å². The lowest BCUT2D eigenvalue weighted by molar-refractivity contribution is -0.384. The maximum Gasteiger partial charge on any atom is 0.329 e. The minimum atomic E-state index is -3.87. The molecule has 8 nitrogen and oxygen atoms in total. The summed E-state index contributed by atoms with van der Waals surface area (Å²) in [6, 6.07) is 9.92. The molecule has 0 spiro atoms. The van der Waals surface area contributed by atoms with Crippen molar-refractivity contribution in [2.75, 3.05) is 0 Å². The molecule has 0 unspecified atom stereocenters. The first kappa shape index (κ1) is 18.6. The van der Waals surface area contributed by atoms with Gasteiger partial charge in [-0.3, -0.25) is 10.1 Å². The Morgan fingerprint density at radius 3 is 2.20 bits per heavy atom. The summed E-state index contributed by atoms with van der Waals surface area (Å²) >= 11 is 0. The number of hydrogen-bond acceptors (Lipinski definition) is 6. The van der Waals surface area contributed by atoms with Gasteiger partial charge in [0, 0.05) is 12.1 Å². The van der Waals surface area contributed by atoms with Gasteiger partial charge in [-0.15, -0.1) is 0 Å². The molecule has 1 N–H and O–H groups in total. The molecule has 9 heteroatoms. The Labute approximate surface area is 144 Å². The number of benzene rings is 2. The molecule has 1 atom stereocenters. The van der Waals surface area contributed by atoms with Gasteiger partial charge in [0.2, 0.25) is 10.0 Å². The van der Waals surface area contributed by atoms with Crippen LogP contribution in [0.4, 0.5) is 5.69 Å². The molecule has 0 aliphatic rings. The second-order valence-corrected chi connectivity index (χ2v) is 7.04. The second kappa shape index (κ2) is 7.41. The van der Waals surface area contributed by atoms with Gasteiger partial charge >= 0.3 is 5.97 Å². The van der Waals surface area contributed by atoms with E-state index in [2.05, 4.69) is 4.72 Å². The zero-order chi connectivity index (χ0) is 18.6. The number of aryl methyl sites for hydroxylation is 1. The number of carbonyl (C=O) groups is 1. The van der Waals surface area contributed by atoms with Crippen LogP contribution in [0.2, 0.25) is 0 Å². The van der Waals surface area contributed by atoms with Gasteiger partial charge in [0.1, 0.15) is 11.8 Å². The van der Waals surface area contributed by atoms with Crippen molar-refractivity contribution in [2.24, 2.45) is 0 Å². The number of nitrogens with zero attached hydrogens (tertiary/aromatic N) is 1. The number of ether oxygens (including phenoxy) is 1. The lowest BCUT2D eigenvalue weighted by atomic mass is 10.2. The van der Waals surface area contributed by atoms with E-state index in [0.717, 1.165) is 5.56 Å². The van der Waals surface area contributed by atoms with Crippen LogP contribution in [0.3, 0.4) is 0 Å². The highest BCUT2D eigenvalue weighted by molar-refractivity contribution is 7.89. The number of esters is 1. The highest BCUT2D eigenvalue weighted by Gasteiger charge is 2.23. The minimum absolute atomic E-state index is 0.0353. The third-order valence-electron chi connectivity index (χ3n) is 3.28. The Morgan fingerprint density at radius 2 is 1.68 bits per heavy atom. The summed E-state index contributed by atoms with van der Waals surface area (Å²) in [5.74, 6) is -0.749. The molecule has 0 saturated heterocycles. The smallest absolute Gasteiger partial charge is 0.329 e. The van der Waals surface area contributed by atoms with Crippen molar-refractivity contribution in [2.45, 2.75) is 24.8 Å². The fourth-order valence-electron chi connectivity index (χ4n) is 1.91. The first-order valence-corrected chi connectivity index (χ1v) is 8.72. The topological polar surface area (TPSA) is 116 Å². The van der Waals surface area contributed by atoms with E-state index in [0.29, 0.717) is 0 Å². The first-order chi connectivity index (χ1) is 11.7. The number of rotatable bonds is 6. The van der Waals surface area contributed by atoms with E-state index in [9.17, 15) is 23.3 Å². The van der Waals surface area contributed by atoms with Crippen LogP contribution in [0.25, 0.3) is 0 Å². The molecule has 0 fully saturated rings. The summed E-state index contributed by atoms with van der Waals surface area (Å²) in [4.78, 5) is 22.0. The number of hydrogen-bond donors (Lipinski definition) is 1. The molecule has 0 aliphatic heterocycles. The summed E-state index contributed by atoms with van der Waals surface area (Å²) in [6.07, 6.45) is 0. The van der Waals surface area contributed by atoms with Crippen molar-refractivity contribution in [1.82, 2.24) is 4.72 Å². The molecule has 0 aromatic heterocycles. The summed E-state index contributed by atoms with van der Waals surface area (Å²) in [7, 11) is -3.87. The fourth-order valence-corrected chi connectivity index (χ4v) is 3.10. The van der Waals surface area contributed by atoms with Crippen LogP contribution in [0, 0.1) is 17.0 Å². The predicted molar refractivity (Wildman–Crippen MR) is 89.7 cm³/mol. The largest absolute Gasteiger partial charge is 0.425 e. The molecule has 2 aromatic carbocycles. The SMILES string of the molecule is Cc1ccc(S(=O)(=O)N[C@@H](C)C(=O)Oc2ccc([N+](=O)[O-])cc2)cc1. The average molecular weight is 364 g/mol. The van der Waals surface area contributed by atoms with E-state index in [4.69, 9.17) is 4.74 Å². The Balaban J connectivity index is 2.04. The van der Waals surface area contributed by atoms with E-state index >= 15 is 0 Å². The molecule has 132 valence electrons. The number of non-ortho nitro benzene ring substituents is 1. The van der Waals surface area contributed by atoms with E-state index in [1.807, 2.05) is 6.92 Å². The molecule has 0 radical (unpaired) electrons. The minimum Gasteiger partial charge on any atom is -0.425 e. The summed E-state index contributed by atoms with van der Waals surface area (Å²) in [5.41, 5.74) is 0.762. The van der Waals surface area contributed by atoms with Crippen molar-refractivity contribution in [3.05, 3.63) is 64.2 Å². The summed E-state index contributed by atoms with van der Waals surface area (Å²) in [6.45, 7) is 3.17. The third kappa shape index (κ3) is 4.85. The van der Waals surface area contributed by atoms with E-state index in [1.165, 1.54) is 43.3 Å². The normalized spacial score (nSPS) is 12.4. The van der Waals surface area contributed by atoms with Gasteiger partial charge in [-0.2, -0.15) is 4.72 Å². The Kier molecular flexibility index (Phi) is 5.50. The number of nitro benzene ring substituents is 1. The van der Waals surface area contributed by atoms with Gasteiger partial charge in [0.05, 0.1) is 9.82 Å². The van der Waals surface area contributed by atoms with E-state index in [-0.39, 0.29) is 16.3 Å². The highest BCUT2D eigenvalue weighted by Crippen LogP contribution is 2.18. The monoisotopic (exact) mass is 364 g/mol. The second-order valence-electron chi connectivity index (χ2n) is 5.33. The molecule has 0 amide bonds. The number of nitrogens with one attached hydrogen (secondary N) is 1. The van der Waals surface area contributed by atoms with Crippen LogP contribution in [0.1, 0.15) is 12.5 Å². The summed E-state index contributed by atoms with van der Waals surface area (Å²) < 4.78 is 31.7. The molecule has 2 rings (SSSR count). The first-order valence-electron chi connectivity index (χ1n) is 7.24. The number of sulfonamides is 1. The zero-order valence-electron chi connectivity index (χ0n) is 13.5. The molecule has 25 heavy (non-hydrogen) atoms.